The number of nitro groups is 1. The number of fused-ring (bicyclic) bond motifs is 1. The van der Waals surface area contributed by atoms with E-state index in [1.54, 1.807) is 42.6 Å². The molecule has 2 N–H and O–H groups in total. The highest BCUT2D eigenvalue weighted by Gasteiger charge is 2.43. The number of non-ortho nitro benzene ring substituents is 1. The Kier molecular flexibility index (Phi) is 5.01. The predicted molar refractivity (Wildman–Crippen MR) is 121 cm³/mol. The maximum absolute atomic E-state index is 13.5. The van der Waals surface area contributed by atoms with Crippen molar-refractivity contribution in [1.29, 1.82) is 0 Å². The summed E-state index contributed by atoms with van der Waals surface area (Å²) in [6, 6.07) is 14.3. The zero-order valence-electron chi connectivity index (χ0n) is 17.5. The first kappa shape index (κ1) is 20.6. The van der Waals surface area contributed by atoms with Crippen molar-refractivity contribution in [1.82, 2.24) is 9.97 Å². The summed E-state index contributed by atoms with van der Waals surface area (Å²) in [5.41, 5.74) is 1.71. The van der Waals surface area contributed by atoms with Gasteiger partial charge in [0.1, 0.15) is 5.75 Å². The molecule has 1 aliphatic rings. The van der Waals surface area contributed by atoms with Crippen LogP contribution in [0.3, 0.4) is 0 Å². The monoisotopic (exact) mass is 444 g/mol. The van der Waals surface area contributed by atoms with Gasteiger partial charge in [-0.3, -0.25) is 14.9 Å². The van der Waals surface area contributed by atoms with Crippen LogP contribution in [-0.2, 0) is 10.2 Å². The van der Waals surface area contributed by atoms with Crippen LogP contribution < -0.4 is 5.32 Å². The number of benzene rings is 2. The van der Waals surface area contributed by atoms with Crippen molar-refractivity contribution in [2.45, 2.75) is 31.1 Å². The molecule has 0 aliphatic heterocycles. The second-order valence-corrected chi connectivity index (χ2v) is 8.12. The number of phenols is 1. The topological polar surface area (TPSA) is 131 Å². The Balaban J connectivity index is 1.46. The van der Waals surface area contributed by atoms with E-state index in [-0.39, 0.29) is 23.2 Å². The minimum Gasteiger partial charge on any atom is -0.507 e. The molecule has 0 saturated heterocycles. The lowest BCUT2D eigenvalue weighted by Crippen LogP contribution is -2.38. The Morgan fingerprint density at radius 3 is 2.58 bits per heavy atom. The van der Waals surface area contributed by atoms with Crippen LogP contribution in [0.4, 0.5) is 11.4 Å². The zero-order chi connectivity index (χ0) is 23.0. The normalized spacial score (nSPS) is 14.9. The average molecular weight is 444 g/mol. The highest BCUT2D eigenvalue weighted by Crippen LogP contribution is 2.43. The Bertz CT molecular complexity index is 1320. The molecule has 0 unspecified atom stereocenters. The molecule has 1 fully saturated rings. The molecule has 9 nitrogen and oxygen atoms in total. The molecule has 166 valence electrons. The number of carbonyl (C=O) groups excluding carboxylic acids is 1. The Labute approximate surface area is 188 Å². The van der Waals surface area contributed by atoms with Gasteiger partial charge in [-0.1, -0.05) is 25.0 Å². The molecule has 1 saturated carbocycles. The second-order valence-electron chi connectivity index (χ2n) is 8.12. The smallest absolute Gasteiger partial charge is 0.269 e. The summed E-state index contributed by atoms with van der Waals surface area (Å²) in [7, 11) is 0. The predicted octanol–water partition coefficient (Wildman–Crippen LogP) is 4.95. The summed E-state index contributed by atoms with van der Waals surface area (Å²) in [5, 5.41) is 24.3. The number of anilines is 1. The Hall–Kier alpha value is -4.27. The highest BCUT2D eigenvalue weighted by molar-refractivity contribution is 6.00. The number of nitrogens with one attached hydrogen (secondary N) is 1. The fraction of sp³-hybridized carbons (Fsp3) is 0.208. The molecule has 4 aromatic rings. The number of phenolic OH excluding ortho intramolecular Hbond substituents is 1. The van der Waals surface area contributed by atoms with E-state index in [9.17, 15) is 20.0 Å². The van der Waals surface area contributed by atoms with Gasteiger partial charge >= 0.3 is 0 Å². The van der Waals surface area contributed by atoms with E-state index in [1.807, 2.05) is 0 Å². The first-order chi connectivity index (χ1) is 16.0. The molecule has 2 heterocycles. The highest BCUT2D eigenvalue weighted by atomic mass is 16.6. The molecule has 0 bridgehead atoms. The van der Waals surface area contributed by atoms with E-state index in [4.69, 9.17) is 4.42 Å². The maximum atomic E-state index is 13.5. The lowest BCUT2D eigenvalue weighted by molar-refractivity contribution is -0.384. The van der Waals surface area contributed by atoms with Gasteiger partial charge < -0.3 is 14.8 Å². The molecule has 33 heavy (non-hydrogen) atoms. The molecule has 1 aliphatic carbocycles. The molecule has 0 radical (unpaired) electrons. The van der Waals surface area contributed by atoms with E-state index in [0.29, 0.717) is 35.3 Å². The number of hydrogen-bond donors (Lipinski definition) is 2. The van der Waals surface area contributed by atoms with Crippen molar-refractivity contribution in [3.63, 3.8) is 0 Å². The number of oxazole rings is 1. The lowest BCUT2D eigenvalue weighted by atomic mass is 9.78. The van der Waals surface area contributed by atoms with Crippen LogP contribution in [-0.4, -0.2) is 25.9 Å². The van der Waals surface area contributed by atoms with Crippen LogP contribution in [0.1, 0.15) is 31.2 Å². The van der Waals surface area contributed by atoms with E-state index < -0.39 is 10.3 Å². The first-order valence-electron chi connectivity index (χ1n) is 10.6. The standard InChI is InChI=1S/C24H20N4O5/c29-19-10-7-16(14-18(19)22-27-21-20(33-22)4-3-13-25-21)26-23(30)24(11-1-2-12-24)15-5-8-17(9-6-15)28(31)32/h3-10,13-14,29H,1-2,11-12H2,(H,26,30). The first-order valence-corrected chi connectivity index (χ1v) is 10.6. The quantitative estimate of drug-likeness (QED) is 0.253. The van der Waals surface area contributed by atoms with Gasteiger partial charge in [0.2, 0.25) is 11.8 Å². The van der Waals surface area contributed by atoms with Crippen molar-refractivity contribution in [3.8, 4) is 17.2 Å². The van der Waals surface area contributed by atoms with Crippen molar-refractivity contribution in [2.24, 2.45) is 0 Å². The number of pyridine rings is 1. The summed E-state index contributed by atoms with van der Waals surface area (Å²) in [4.78, 5) is 32.5. The van der Waals surface area contributed by atoms with Gasteiger partial charge in [-0.2, -0.15) is 4.98 Å². The van der Waals surface area contributed by atoms with E-state index in [1.165, 1.54) is 18.2 Å². The molecule has 5 rings (SSSR count). The third kappa shape index (κ3) is 3.67. The van der Waals surface area contributed by atoms with Crippen LogP contribution in [0.15, 0.2) is 65.2 Å². The summed E-state index contributed by atoms with van der Waals surface area (Å²) in [6.07, 6.45) is 4.68. The summed E-state index contributed by atoms with van der Waals surface area (Å²) < 4.78 is 5.71. The van der Waals surface area contributed by atoms with E-state index >= 15 is 0 Å². The fourth-order valence-electron chi connectivity index (χ4n) is 4.45. The van der Waals surface area contributed by atoms with Gasteiger partial charge in [-0.15, -0.1) is 0 Å². The van der Waals surface area contributed by atoms with Gasteiger partial charge in [0.05, 0.1) is 15.9 Å². The van der Waals surface area contributed by atoms with Gasteiger partial charge in [0.25, 0.3) is 5.69 Å². The van der Waals surface area contributed by atoms with E-state index in [2.05, 4.69) is 15.3 Å². The SMILES string of the molecule is O=C(Nc1ccc(O)c(-c2nc3ncccc3o2)c1)C1(c2ccc([N+](=O)[O-])cc2)CCCC1. The van der Waals surface area contributed by atoms with Gasteiger partial charge in [0.15, 0.2) is 11.2 Å². The maximum Gasteiger partial charge on any atom is 0.269 e. The number of aromatic nitrogens is 2. The Morgan fingerprint density at radius 2 is 1.88 bits per heavy atom. The van der Waals surface area contributed by atoms with Crippen molar-refractivity contribution >= 4 is 28.5 Å². The van der Waals surface area contributed by atoms with Crippen molar-refractivity contribution in [2.75, 3.05) is 5.32 Å². The summed E-state index contributed by atoms with van der Waals surface area (Å²) in [6.45, 7) is 0. The molecular weight excluding hydrogens is 424 g/mol. The fourth-order valence-corrected chi connectivity index (χ4v) is 4.45. The second kappa shape index (κ2) is 8.01. The van der Waals surface area contributed by atoms with Crippen LogP contribution in [0.2, 0.25) is 0 Å². The molecule has 2 aromatic heterocycles. The number of carbonyl (C=O) groups is 1. The number of rotatable bonds is 5. The average Bonchev–Trinajstić information content (AvgIpc) is 3.48. The van der Waals surface area contributed by atoms with Crippen molar-refractivity contribution < 1.29 is 19.2 Å². The van der Waals surface area contributed by atoms with Crippen LogP contribution in [0, 0.1) is 10.1 Å². The molecule has 0 spiro atoms. The number of nitro benzene ring substituents is 1. The molecule has 0 atom stereocenters. The van der Waals surface area contributed by atoms with Crippen LogP contribution >= 0.6 is 0 Å². The van der Waals surface area contributed by atoms with Gasteiger partial charge in [-0.05, 0) is 48.7 Å². The van der Waals surface area contributed by atoms with Crippen LogP contribution in [0.5, 0.6) is 5.75 Å². The third-order valence-electron chi connectivity index (χ3n) is 6.17. The lowest BCUT2D eigenvalue weighted by Gasteiger charge is -2.28. The number of aromatic hydroxyl groups is 1. The van der Waals surface area contributed by atoms with Gasteiger partial charge in [-0.25, -0.2) is 4.98 Å². The number of amides is 1. The number of hydrogen-bond acceptors (Lipinski definition) is 7. The molecule has 2 aromatic carbocycles. The molecular formula is C24H20N4O5. The minimum atomic E-state index is -0.769. The minimum absolute atomic E-state index is 0.0108. The van der Waals surface area contributed by atoms with Crippen molar-refractivity contribution in [3.05, 3.63) is 76.5 Å². The third-order valence-corrected chi connectivity index (χ3v) is 6.17. The summed E-state index contributed by atoms with van der Waals surface area (Å²) in [5.74, 6) is -0.0292. The Morgan fingerprint density at radius 1 is 1.12 bits per heavy atom. The van der Waals surface area contributed by atoms with E-state index in [0.717, 1.165) is 18.4 Å². The molecule has 1 amide bonds. The van der Waals surface area contributed by atoms with Gasteiger partial charge in [0, 0.05) is 24.0 Å². The molecule has 9 heteroatoms. The largest absolute Gasteiger partial charge is 0.507 e. The van der Waals surface area contributed by atoms with Crippen LogP contribution in [0.25, 0.3) is 22.7 Å². The number of nitrogens with zero attached hydrogens (tertiary/aromatic N) is 3. The summed E-state index contributed by atoms with van der Waals surface area (Å²) >= 11 is 0. The zero-order valence-corrected chi connectivity index (χ0v) is 17.5.